The highest BCUT2D eigenvalue weighted by Gasteiger charge is 2.17. The molecular formula is C8H12N2. The fraction of sp³-hybridized carbons (Fsp3) is 0.625. The minimum absolute atomic E-state index is 0.0532. The van der Waals surface area contributed by atoms with E-state index in [-0.39, 0.29) is 6.04 Å². The summed E-state index contributed by atoms with van der Waals surface area (Å²) in [5.41, 5.74) is 0. The first-order chi connectivity index (χ1) is 4.88. The number of nitriles is 1. The lowest BCUT2D eigenvalue weighted by molar-refractivity contribution is 0.328. The number of likely N-dealkylation sites (tertiary alicyclic amines) is 1. The van der Waals surface area contributed by atoms with Gasteiger partial charge in [0.25, 0.3) is 0 Å². The molecular weight excluding hydrogens is 124 g/mol. The van der Waals surface area contributed by atoms with Crippen LogP contribution in [0.25, 0.3) is 0 Å². The van der Waals surface area contributed by atoms with E-state index in [1.807, 2.05) is 0 Å². The molecule has 0 aromatic rings. The predicted molar refractivity (Wildman–Crippen MR) is 40.4 cm³/mol. The van der Waals surface area contributed by atoms with Gasteiger partial charge in [0.1, 0.15) is 6.04 Å². The minimum Gasteiger partial charge on any atom is -0.285 e. The van der Waals surface area contributed by atoms with Gasteiger partial charge in [0.2, 0.25) is 0 Å². The van der Waals surface area contributed by atoms with E-state index in [1.54, 1.807) is 6.08 Å². The molecule has 0 aromatic heterocycles. The van der Waals surface area contributed by atoms with Gasteiger partial charge in [-0.2, -0.15) is 5.26 Å². The Kier molecular flexibility index (Phi) is 2.47. The van der Waals surface area contributed by atoms with Crippen molar-refractivity contribution in [3.8, 4) is 6.07 Å². The largest absolute Gasteiger partial charge is 0.285 e. The third-order valence-electron chi connectivity index (χ3n) is 1.89. The molecule has 1 fully saturated rings. The molecule has 1 aliphatic rings. The Labute approximate surface area is 61.8 Å². The van der Waals surface area contributed by atoms with Crippen LogP contribution in [-0.4, -0.2) is 24.0 Å². The molecule has 0 bridgehead atoms. The van der Waals surface area contributed by atoms with Crippen molar-refractivity contribution in [1.82, 2.24) is 4.90 Å². The van der Waals surface area contributed by atoms with Crippen molar-refractivity contribution in [3.63, 3.8) is 0 Å². The molecule has 10 heavy (non-hydrogen) atoms. The van der Waals surface area contributed by atoms with Crippen molar-refractivity contribution in [2.45, 2.75) is 18.9 Å². The van der Waals surface area contributed by atoms with Crippen molar-refractivity contribution >= 4 is 0 Å². The first-order valence-corrected chi connectivity index (χ1v) is 3.64. The van der Waals surface area contributed by atoms with Gasteiger partial charge in [-0.15, -0.1) is 6.58 Å². The van der Waals surface area contributed by atoms with Crippen molar-refractivity contribution in [3.05, 3.63) is 12.7 Å². The highest BCUT2D eigenvalue weighted by atomic mass is 15.2. The van der Waals surface area contributed by atoms with Crippen LogP contribution in [-0.2, 0) is 0 Å². The molecule has 0 N–H and O–H groups in total. The van der Waals surface area contributed by atoms with Crippen LogP contribution in [0.2, 0.25) is 0 Å². The zero-order valence-electron chi connectivity index (χ0n) is 6.08. The van der Waals surface area contributed by atoms with Gasteiger partial charge in [-0.25, -0.2) is 0 Å². The van der Waals surface area contributed by atoms with Crippen molar-refractivity contribution < 1.29 is 0 Å². The molecule has 0 spiro atoms. The molecule has 2 heteroatoms. The summed E-state index contributed by atoms with van der Waals surface area (Å²) >= 11 is 0. The fourth-order valence-corrected chi connectivity index (χ4v) is 1.30. The van der Waals surface area contributed by atoms with E-state index in [4.69, 9.17) is 5.26 Å². The molecule has 0 aromatic carbocycles. The number of rotatable bonds is 2. The quantitative estimate of drug-likeness (QED) is 0.533. The second-order valence-corrected chi connectivity index (χ2v) is 2.55. The standard InChI is InChI=1S/C8H12N2/c1-2-8(7-9)10-5-3-4-6-10/h2,8H,1,3-6H2. The van der Waals surface area contributed by atoms with Gasteiger partial charge in [-0.1, -0.05) is 6.08 Å². The van der Waals surface area contributed by atoms with Crippen LogP contribution in [0.15, 0.2) is 12.7 Å². The highest BCUT2D eigenvalue weighted by molar-refractivity contribution is 5.04. The normalized spacial score (nSPS) is 21.9. The van der Waals surface area contributed by atoms with Gasteiger partial charge < -0.3 is 0 Å². The molecule has 0 saturated carbocycles. The molecule has 1 saturated heterocycles. The van der Waals surface area contributed by atoms with Crippen LogP contribution in [0.1, 0.15) is 12.8 Å². The topological polar surface area (TPSA) is 27.0 Å². The van der Waals surface area contributed by atoms with Crippen LogP contribution in [0, 0.1) is 11.3 Å². The number of nitrogens with zero attached hydrogens (tertiary/aromatic N) is 2. The third-order valence-corrected chi connectivity index (χ3v) is 1.89. The summed E-state index contributed by atoms with van der Waals surface area (Å²) in [6.07, 6.45) is 4.17. The molecule has 0 radical (unpaired) electrons. The van der Waals surface area contributed by atoms with Gasteiger partial charge in [0, 0.05) is 0 Å². The molecule has 1 heterocycles. The predicted octanol–water partition coefficient (Wildman–Crippen LogP) is 1.16. The summed E-state index contributed by atoms with van der Waals surface area (Å²) < 4.78 is 0. The Balaban J connectivity index is 2.46. The summed E-state index contributed by atoms with van der Waals surface area (Å²) in [5.74, 6) is 0. The fourth-order valence-electron chi connectivity index (χ4n) is 1.30. The van der Waals surface area contributed by atoms with Crippen LogP contribution >= 0.6 is 0 Å². The molecule has 1 aliphatic heterocycles. The molecule has 1 unspecified atom stereocenters. The van der Waals surface area contributed by atoms with E-state index in [1.165, 1.54) is 12.8 Å². The SMILES string of the molecule is C=CC(C#N)N1CCCC1. The highest BCUT2D eigenvalue weighted by Crippen LogP contribution is 2.11. The Morgan fingerprint density at radius 2 is 2.10 bits per heavy atom. The molecule has 0 aliphatic carbocycles. The lowest BCUT2D eigenvalue weighted by Crippen LogP contribution is -2.29. The summed E-state index contributed by atoms with van der Waals surface area (Å²) in [6, 6.07) is 2.15. The lowest BCUT2D eigenvalue weighted by atomic mass is 10.3. The van der Waals surface area contributed by atoms with Gasteiger partial charge in [0.15, 0.2) is 0 Å². The zero-order chi connectivity index (χ0) is 7.40. The van der Waals surface area contributed by atoms with Crippen molar-refractivity contribution in [1.29, 1.82) is 5.26 Å². The van der Waals surface area contributed by atoms with Crippen molar-refractivity contribution in [2.24, 2.45) is 0 Å². The van der Waals surface area contributed by atoms with Crippen LogP contribution in [0.3, 0.4) is 0 Å². The van der Waals surface area contributed by atoms with Gasteiger partial charge in [-0.05, 0) is 25.9 Å². The number of hydrogen-bond donors (Lipinski definition) is 0. The summed E-state index contributed by atoms with van der Waals surface area (Å²) in [4.78, 5) is 2.16. The lowest BCUT2D eigenvalue weighted by Gasteiger charge is -2.16. The van der Waals surface area contributed by atoms with Gasteiger partial charge in [0.05, 0.1) is 6.07 Å². The van der Waals surface area contributed by atoms with E-state index >= 15 is 0 Å². The van der Waals surface area contributed by atoms with Gasteiger partial charge in [-0.3, -0.25) is 4.90 Å². The monoisotopic (exact) mass is 136 g/mol. The zero-order valence-corrected chi connectivity index (χ0v) is 6.08. The molecule has 2 nitrogen and oxygen atoms in total. The van der Waals surface area contributed by atoms with Crippen LogP contribution in [0.4, 0.5) is 0 Å². The average molecular weight is 136 g/mol. The van der Waals surface area contributed by atoms with Crippen LogP contribution in [0.5, 0.6) is 0 Å². The Morgan fingerprint density at radius 3 is 2.50 bits per heavy atom. The molecule has 54 valence electrons. The maximum Gasteiger partial charge on any atom is 0.116 e. The minimum atomic E-state index is -0.0532. The maximum absolute atomic E-state index is 8.62. The summed E-state index contributed by atoms with van der Waals surface area (Å²) in [6.45, 7) is 5.73. The summed E-state index contributed by atoms with van der Waals surface area (Å²) in [5, 5.41) is 8.62. The maximum atomic E-state index is 8.62. The van der Waals surface area contributed by atoms with E-state index in [9.17, 15) is 0 Å². The number of hydrogen-bond acceptors (Lipinski definition) is 2. The van der Waals surface area contributed by atoms with E-state index in [0.29, 0.717) is 0 Å². The van der Waals surface area contributed by atoms with E-state index in [0.717, 1.165) is 13.1 Å². The molecule has 1 rings (SSSR count). The Morgan fingerprint density at radius 1 is 1.50 bits per heavy atom. The van der Waals surface area contributed by atoms with Gasteiger partial charge >= 0.3 is 0 Å². The summed E-state index contributed by atoms with van der Waals surface area (Å²) in [7, 11) is 0. The van der Waals surface area contributed by atoms with E-state index < -0.39 is 0 Å². The average Bonchev–Trinajstić information content (AvgIpc) is 2.43. The second-order valence-electron chi connectivity index (χ2n) is 2.55. The first kappa shape index (κ1) is 7.30. The molecule has 0 amide bonds. The Bertz CT molecular complexity index is 151. The third kappa shape index (κ3) is 1.37. The Hall–Kier alpha value is -0.810. The molecule has 1 atom stereocenters. The van der Waals surface area contributed by atoms with E-state index in [2.05, 4.69) is 17.5 Å². The van der Waals surface area contributed by atoms with Crippen LogP contribution < -0.4 is 0 Å². The second kappa shape index (κ2) is 3.38. The smallest absolute Gasteiger partial charge is 0.116 e. The van der Waals surface area contributed by atoms with Crippen molar-refractivity contribution in [2.75, 3.05) is 13.1 Å². The first-order valence-electron chi connectivity index (χ1n) is 3.64.